The summed E-state index contributed by atoms with van der Waals surface area (Å²) in [5, 5.41) is 2.66. The summed E-state index contributed by atoms with van der Waals surface area (Å²) in [6.07, 6.45) is 4.93. The molecule has 0 aliphatic heterocycles. The van der Waals surface area contributed by atoms with Gasteiger partial charge in [-0.25, -0.2) is 9.78 Å². The van der Waals surface area contributed by atoms with Crippen LogP contribution in [0.4, 0.5) is 4.79 Å². The summed E-state index contributed by atoms with van der Waals surface area (Å²) >= 11 is 0. The monoisotopic (exact) mass is 298 g/mol. The number of amides is 1. The molecule has 1 N–H and O–H groups in total. The number of hydrogen-bond donors (Lipinski definition) is 1. The molecule has 0 saturated carbocycles. The standard InChI is InChI=1S/C17H18N2O3/c1-21-16-12-14(9-11-18-16)8-5-10-19-17(20)22-13-15-6-3-2-4-7-15/h2-9,11-12H,10,13H2,1H3,(H,19,20). The van der Waals surface area contributed by atoms with E-state index >= 15 is 0 Å². The highest BCUT2D eigenvalue weighted by molar-refractivity contribution is 5.67. The quantitative estimate of drug-likeness (QED) is 0.890. The molecule has 0 radical (unpaired) electrons. The average Bonchev–Trinajstić information content (AvgIpc) is 2.58. The van der Waals surface area contributed by atoms with Crippen molar-refractivity contribution in [2.45, 2.75) is 6.61 Å². The summed E-state index contributed by atoms with van der Waals surface area (Å²) in [5.74, 6) is 0.553. The van der Waals surface area contributed by atoms with Gasteiger partial charge < -0.3 is 14.8 Å². The fraction of sp³-hybridized carbons (Fsp3) is 0.176. The van der Waals surface area contributed by atoms with Gasteiger partial charge in [0.15, 0.2) is 0 Å². The van der Waals surface area contributed by atoms with Gasteiger partial charge in [0.05, 0.1) is 7.11 Å². The molecule has 1 amide bonds. The lowest BCUT2D eigenvalue weighted by Crippen LogP contribution is -2.24. The highest BCUT2D eigenvalue weighted by Crippen LogP contribution is 2.09. The Labute approximate surface area is 129 Å². The summed E-state index contributed by atoms with van der Waals surface area (Å²) < 4.78 is 10.1. The van der Waals surface area contributed by atoms with Gasteiger partial charge in [-0.05, 0) is 17.2 Å². The molecule has 0 unspecified atom stereocenters. The normalized spacial score (nSPS) is 10.4. The van der Waals surface area contributed by atoms with E-state index < -0.39 is 6.09 Å². The van der Waals surface area contributed by atoms with Crippen LogP contribution in [0.1, 0.15) is 11.1 Å². The van der Waals surface area contributed by atoms with Crippen molar-refractivity contribution in [2.75, 3.05) is 13.7 Å². The number of benzene rings is 1. The van der Waals surface area contributed by atoms with Gasteiger partial charge in [-0.3, -0.25) is 0 Å². The molecule has 0 saturated heterocycles. The molecule has 2 aromatic rings. The second-order valence-corrected chi connectivity index (χ2v) is 4.48. The molecule has 0 spiro atoms. The smallest absolute Gasteiger partial charge is 0.407 e. The van der Waals surface area contributed by atoms with Gasteiger partial charge in [-0.15, -0.1) is 0 Å². The van der Waals surface area contributed by atoms with E-state index in [1.165, 1.54) is 0 Å². The lowest BCUT2D eigenvalue weighted by molar-refractivity contribution is 0.141. The summed E-state index contributed by atoms with van der Waals surface area (Å²) in [6.45, 7) is 0.649. The van der Waals surface area contributed by atoms with Gasteiger partial charge in [0.25, 0.3) is 0 Å². The van der Waals surface area contributed by atoms with Crippen molar-refractivity contribution >= 4 is 12.2 Å². The lowest BCUT2D eigenvalue weighted by Gasteiger charge is -2.05. The minimum absolute atomic E-state index is 0.262. The van der Waals surface area contributed by atoms with Crippen LogP contribution in [0.5, 0.6) is 5.88 Å². The first-order valence-corrected chi connectivity index (χ1v) is 6.89. The molecular formula is C17H18N2O3. The zero-order valence-corrected chi connectivity index (χ0v) is 12.4. The Morgan fingerprint density at radius 1 is 1.27 bits per heavy atom. The number of aromatic nitrogens is 1. The molecule has 22 heavy (non-hydrogen) atoms. The highest BCUT2D eigenvalue weighted by Gasteiger charge is 2.00. The predicted molar refractivity (Wildman–Crippen MR) is 84.5 cm³/mol. The van der Waals surface area contributed by atoms with Crippen molar-refractivity contribution in [1.82, 2.24) is 10.3 Å². The first-order valence-electron chi connectivity index (χ1n) is 6.89. The number of alkyl carbamates (subject to hydrolysis) is 1. The van der Waals surface area contributed by atoms with Crippen LogP contribution in [0.2, 0.25) is 0 Å². The predicted octanol–water partition coefficient (Wildman–Crippen LogP) is 3.03. The number of rotatable bonds is 6. The van der Waals surface area contributed by atoms with E-state index in [-0.39, 0.29) is 6.61 Å². The Bertz CT molecular complexity index is 627. The van der Waals surface area contributed by atoms with E-state index in [0.717, 1.165) is 11.1 Å². The van der Waals surface area contributed by atoms with Crippen molar-refractivity contribution < 1.29 is 14.3 Å². The Kier molecular flexibility index (Phi) is 5.99. The number of pyridine rings is 1. The third-order valence-electron chi connectivity index (χ3n) is 2.86. The van der Waals surface area contributed by atoms with Crippen molar-refractivity contribution in [3.8, 4) is 5.88 Å². The summed E-state index contributed by atoms with van der Waals surface area (Å²) in [4.78, 5) is 15.6. The molecule has 1 heterocycles. The van der Waals surface area contributed by atoms with Gasteiger partial charge in [0.2, 0.25) is 5.88 Å². The lowest BCUT2D eigenvalue weighted by atomic mass is 10.2. The highest BCUT2D eigenvalue weighted by atomic mass is 16.5. The van der Waals surface area contributed by atoms with E-state index in [4.69, 9.17) is 9.47 Å². The third kappa shape index (κ3) is 5.28. The Morgan fingerprint density at radius 3 is 2.86 bits per heavy atom. The number of carbonyl (C=O) groups is 1. The number of nitrogens with one attached hydrogen (secondary N) is 1. The van der Waals surface area contributed by atoms with Crippen LogP contribution in [0.3, 0.4) is 0 Å². The molecule has 2 rings (SSSR count). The molecule has 5 nitrogen and oxygen atoms in total. The number of ether oxygens (including phenoxy) is 2. The SMILES string of the molecule is COc1cc(C=CCNC(=O)OCc2ccccc2)ccn1. The maximum Gasteiger partial charge on any atom is 0.407 e. The van der Waals surface area contributed by atoms with Gasteiger partial charge in [-0.2, -0.15) is 0 Å². The van der Waals surface area contributed by atoms with E-state index in [2.05, 4.69) is 10.3 Å². The molecule has 5 heteroatoms. The van der Waals surface area contributed by atoms with Crippen molar-refractivity contribution in [1.29, 1.82) is 0 Å². The van der Waals surface area contributed by atoms with Gasteiger partial charge >= 0.3 is 6.09 Å². The molecule has 1 aromatic heterocycles. The second kappa shape index (κ2) is 8.46. The molecule has 0 aliphatic rings. The fourth-order valence-electron chi connectivity index (χ4n) is 1.75. The van der Waals surface area contributed by atoms with Gasteiger partial charge in [0, 0.05) is 18.8 Å². The maximum absolute atomic E-state index is 11.5. The first kappa shape index (κ1) is 15.6. The van der Waals surface area contributed by atoms with Crippen LogP contribution in [0.15, 0.2) is 54.7 Å². The zero-order chi connectivity index (χ0) is 15.6. The molecule has 0 atom stereocenters. The van der Waals surface area contributed by atoms with Crippen LogP contribution >= 0.6 is 0 Å². The minimum atomic E-state index is -0.444. The average molecular weight is 298 g/mol. The first-order chi connectivity index (χ1) is 10.8. The molecule has 0 bridgehead atoms. The van der Waals surface area contributed by atoms with E-state index in [1.807, 2.05) is 54.6 Å². The Balaban J connectivity index is 1.71. The molecule has 114 valence electrons. The van der Waals surface area contributed by atoms with Crippen molar-refractivity contribution in [3.05, 3.63) is 65.9 Å². The number of hydrogen-bond acceptors (Lipinski definition) is 4. The number of methoxy groups -OCH3 is 1. The topological polar surface area (TPSA) is 60.5 Å². The van der Waals surface area contributed by atoms with Crippen molar-refractivity contribution in [3.63, 3.8) is 0 Å². The van der Waals surface area contributed by atoms with Crippen LogP contribution < -0.4 is 10.1 Å². The van der Waals surface area contributed by atoms with Gasteiger partial charge in [-0.1, -0.05) is 42.5 Å². The second-order valence-electron chi connectivity index (χ2n) is 4.48. The molecular weight excluding hydrogens is 280 g/mol. The van der Waals surface area contributed by atoms with Crippen LogP contribution in [-0.4, -0.2) is 24.7 Å². The Hall–Kier alpha value is -2.82. The van der Waals surface area contributed by atoms with Crippen LogP contribution in [-0.2, 0) is 11.3 Å². The molecule has 0 fully saturated rings. The van der Waals surface area contributed by atoms with E-state index in [0.29, 0.717) is 12.4 Å². The number of nitrogens with zero attached hydrogens (tertiary/aromatic N) is 1. The largest absolute Gasteiger partial charge is 0.481 e. The Morgan fingerprint density at radius 2 is 2.09 bits per heavy atom. The minimum Gasteiger partial charge on any atom is -0.481 e. The third-order valence-corrected chi connectivity index (χ3v) is 2.86. The van der Waals surface area contributed by atoms with Gasteiger partial charge in [0.1, 0.15) is 6.61 Å². The summed E-state index contributed by atoms with van der Waals surface area (Å²) in [6, 6.07) is 13.2. The zero-order valence-electron chi connectivity index (χ0n) is 12.4. The van der Waals surface area contributed by atoms with E-state index in [9.17, 15) is 4.79 Å². The van der Waals surface area contributed by atoms with Crippen molar-refractivity contribution in [2.24, 2.45) is 0 Å². The number of carbonyl (C=O) groups excluding carboxylic acids is 1. The molecule has 1 aromatic carbocycles. The maximum atomic E-state index is 11.5. The van der Waals surface area contributed by atoms with Crippen LogP contribution in [0.25, 0.3) is 6.08 Å². The molecule has 0 aliphatic carbocycles. The summed E-state index contributed by atoms with van der Waals surface area (Å²) in [5.41, 5.74) is 1.91. The summed E-state index contributed by atoms with van der Waals surface area (Å²) in [7, 11) is 1.57. The van der Waals surface area contributed by atoms with E-state index in [1.54, 1.807) is 13.3 Å². The van der Waals surface area contributed by atoms with Crippen LogP contribution in [0, 0.1) is 0 Å². The fourth-order valence-corrected chi connectivity index (χ4v) is 1.75.